The van der Waals surface area contributed by atoms with Gasteiger partial charge >= 0.3 is 6.03 Å². The van der Waals surface area contributed by atoms with Crippen LogP contribution in [0.3, 0.4) is 0 Å². The number of halogens is 2. The lowest BCUT2D eigenvalue weighted by atomic mass is 10.1. The third-order valence-corrected chi connectivity index (χ3v) is 5.44. The molecule has 8 heteroatoms. The third-order valence-electron chi connectivity index (χ3n) is 4.95. The summed E-state index contributed by atoms with van der Waals surface area (Å²) in [6.07, 6.45) is 1.37. The van der Waals surface area contributed by atoms with Gasteiger partial charge in [0.25, 0.3) is 11.8 Å². The largest absolute Gasteiger partial charge is 0.488 e. The lowest BCUT2D eigenvalue weighted by Gasteiger charge is -2.26. The van der Waals surface area contributed by atoms with E-state index in [1.807, 2.05) is 6.92 Å². The fraction of sp³-hybridized carbons (Fsp3) is 0.0800. The van der Waals surface area contributed by atoms with Crippen LogP contribution in [0.5, 0.6) is 5.75 Å². The minimum Gasteiger partial charge on any atom is -0.488 e. The summed E-state index contributed by atoms with van der Waals surface area (Å²) in [7, 11) is 0. The van der Waals surface area contributed by atoms with Gasteiger partial charge in [0.05, 0.1) is 5.69 Å². The molecule has 1 aliphatic heterocycles. The van der Waals surface area contributed by atoms with E-state index in [1.54, 1.807) is 54.6 Å². The molecule has 3 aromatic rings. The molecule has 1 fully saturated rings. The first kappa shape index (κ1) is 22.4. The first-order valence-electron chi connectivity index (χ1n) is 9.97. The number of barbiturate groups is 1. The van der Waals surface area contributed by atoms with E-state index in [9.17, 15) is 18.8 Å². The van der Waals surface area contributed by atoms with Crippen LogP contribution in [-0.4, -0.2) is 17.8 Å². The second kappa shape index (κ2) is 9.38. The molecule has 166 valence electrons. The average Bonchev–Trinajstić information content (AvgIpc) is 2.77. The number of anilines is 1. The van der Waals surface area contributed by atoms with Gasteiger partial charge in [-0.2, -0.15) is 0 Å². The summed E-state index contributed by atoms with van der Waals surface area (Å²) in [4.78, 5) is 39.0. The molecular formula is C25H18BrFN2O4. The van der Waals surface area contributed by atoms with Gasteiger partial charge in [0, 0.05) is 10.0 Å². The van der Waals surface area contributed by atoms with Crippen molar-refractivity contribution in [2.24, 2.45) is 0 Å². The molecule has 6 nitrogen and oxygen atoms in total. The normalized spacial score (nSPS) is 15.1. The monoisotopic (exact) mass is 508 g/mol. The topological polar surface area (TPSA) is 75.7 Å². The van der Waals surface area contributed by atoms with Crippen molar-refractivity contribution < 1.29 is 23.5 Å². The molecule has 3 aromatic carbocycles. The van der Waals surface area contributed by atoms with E-state index in [0.717, 1.165) is 10.5 Å². The Hall–Kier alpha value is -3.78. The second-order valence-electron chi connectivity index (χ2n) is 7.39. The number of amides is 4. The van der Waals surface area contributed by atoms with Crippen molar-refractivity contribution in [1.29, 1.82) is 0 Å². The number of aryl methyl sites for hydroxylation is 1. The van der Waals surface area contributed by atoms with Crippen LogP contribution in [0.2, 0.25) is 0 Å². The van der Waals surface area contributed by atoms with Gasteiger partial charge in [-0.1, -0.05) is 45.8 Å². The smallest absolute Gasteiger partial charge is 0.335 e. The number of ether oxygens (including phenoxy) is 1. The van der Waals surface area contributed by atoms with Crippen molar-refractivity contribution in [3.63, 3.8) is 0 Å². The molecular weight excluding hydrogens is 491 g/mol. The Morgan fingerprint density at radius 2 is 1.79 bits per heavy atom. The zero-order chi connectivity index (χ0) is 23.5. The van der Waals surface area contributed by atoms with E-state index in [2.05, 4.69) is 21.2 Å². The summed E-state index contributed by atoms with van der Waals surface area (Å²) in [5, 5.41) is 2.21. The van der Waals surface area contributed by atoms with Gasteiger partial charge in [0.2, 0.25) is 0 Å². The predicted molar refractivity (Wildman–Crippen MR) is 125 cm³/mol. The third kappa shape index (κ3) is 5.01. The highest BCUT2D eigenvalue weighted by Gasteiger charge is 2.37. The highest BCUT2D eigenvalue weighted by Crippen LogP contribution is 2.29. The van der Waals surface area contributed by atoms with Gasteiger partial charge in [0.15, 0.2) is 0 Å². The number of carbonyl (C=O) groups is 3. The summed E-state index contributed by atoms with van der Waals surface area (Å²) in [6, 6.07) is 17.1. The highest BCUT2D eigenvalue weighted by atomic mass is 79.9. The maximum Gasteiger partial charge on any atom is 0.335 e. The van der Waals surface area contributed by atoms with Crippen molar-refractivity contribution >= 4 is 45.5 Å². The van der Waals surface area contributed by atoms with Crippen molar-refractivity contribution in [1.82, 2.24) is 5.32 Å². The summed E-state index contributed by atoms with van der Waals surface area (Å²) < 4.78 is 20.0. The SMILES string of the molecule is Cc1ccc(N2C(=O)NC(=O)/C(=C\c3cc(Br)ccc3OCc3cccc(F)c3)C2=O)cc1. The Balaban J connectivity index is 1.67. The Bertz CT molecular complexity index is 1290. The maximum atomic E-state index is 13.5. The molecule has 0 atom stereocenters. The van der Waals surface area contributed by atoms with Gasteiger partial charge < -0.3 is 4.74 Å². The number of carbonyl (C=O) groups excluding carboxylic acids is 3. The van der Waals surface area contributed by atoms with Crippen LogP contribution in [0, 0.1) is 12.7 Å². The molecule has 1 saturated heterocycles. The number of rotatable bonds is 5. The minimum atomic E-state index is -0.817. The molecule has 0 unspecified atom stereocenters. The second-order valence-corrected chi connectivity index (χ2v) is 8.31. The number of nitrogens with zero attached hydrogens (tertiary/aromatic N) is 1. The Labute approximate surface area is 197 Å². The predicted octanol–water partition coefficient (Wildman–Crippen LogP) is 5.14. The van der Waals surface area contributed by atoms with Crippen LogP contribution >= 0.6 is 15.9 Å². The Morgan fingerprint density at radius 1 is 1.03 bits per heavy atom. The van der Waals surface area contributed by atoms with Crippen molar-refractivity contribution in [2.45, 2.75) is 13.5 Å². The molecule has 33 heavy (non-hydrogen) atoms. The van der Waals surface area contributed by atoms with E-state index in [4.69, 9.17) is 4.74 Å². The van der Waals surface area contributed by atoms with Crippen LogP contribution in [0.15, 0.2) is 76.8 Å². The molecule has 4 rings (SSSR count). The van der Waals surface area contributed by atoms with Crippen LogP contribution in [0.1, 0.15) is 16.7 Å². The molecule has 1 heterocycles. The van der Waals surface area contributed by atoms with Gasteiger partial charge in [-0.3, -0.25) is 14.9 Å². The molecule has 0 spiro atoms. The van der Waals surface area contributed by atoms with Crippen LogP contribution in [-0.2, 0) is 16.2 Å². The van der Waals surface area contributed by atoms with Crippen LogP contribution < -0.4 is 15.0 Å². The maximum absolute atomic E-state index is 13.5. The molecule has 0 aliphatic carbocycles. The van der Waals surface area contributed by atoms with Crippen LogP contribution in [0.4, 0.5) is 14.9 Å². The van der Waals surface area contributed by atoms with Gasteiger partial charge in [-0.05, 0) is 61.0 Å². The number of hydrogen-bond donors (Lipinski definition) is 1. The van der Waals surface area contributed by atoms with E-state index in [0.29, 0.717) is 27.0 Å². The Morgan fingerprint density at radius 3 is 2.52 bits per heavy atom. The summed E-state index contributed by atoms with van der Waals surface area (Å²) in [5.74, 6) is -1.54. The van der Waals surface area contributed by atoms with Crippen molar-refractivity contribution in [3.05, 3.63) is 99.3 Å². The fourth-order valence-corrected chi connectivity index (χ4v) is 3.67. The molecule has 0 saturated carbocycles. The van der Waals surface area contributed by atoms with Crippen LogP contribution in [0.25, 0.3) is 6.08 Å². The van der Waals surface area contributed by atoms with Crippen molar-refractivity contribution in [3.8, 4) is 5.75 Å². The highest BCUT2D eigenvalue weighted by molar-refractivity contribution is 9.10. The fourth-order valence-electron chi connectivity index (χ4n) is 3.29. The number of urea groups is 1. The van der Waals surface area contributed by atoms with Gasteiger partial charge in [-0.15, -0.1) is 0 Å². The summed E-state index contributed by atoms with van der Waals surface area (Å²) in [6.45, 7) is 1.97. The molecule has 1 N–H and O–H groups in total. The Kier molecular flexibility index (Phi) is 6.37. The van der Waals surface area contributed by atoms with Gasteiger partial charge in [-0.25, -0.2) is 14.1 Å². The van der Waals surface area contributed by atoms with E-state index in [-0.39, 0.29) is 18.0 Å². The molecule has 4 amide bonds. The zero-order valence-electron chi connectivity index (χ0n) is 17.5. The standard InChI is InChI=1S/C25H18BrFN2O4/c1-15-5-8-20(9-6-15)29-24(31)21(23(30)28-25(29)32)13-17-12-18(26)7-10-22(17)33-14-16-3-2-4-19(27)11-16/h2-13H,14H2,1H3,(H,28,30,32)/b21-13+. The first-order chi connectivity index (χ1) is 15.8. The quantitative estimate of drug-likeness (QED) is 0.382. The van der Waals surface area contributed by atoms with E-state index < -0.39 is 17.8 Å². The zero-order valence-corrected chi connectivity index (χ0v) is 19.1. The number of hydrogen-bond acceptors (Lipinski definition) is 4. The number of benzene rings is 3. The lowest BCUT2D eigenvalue weighted by Crippen LogP contribution is -2.54. The summed E-state index contributed by atoms with van der Waals surface area (Å²) in [5.41, 5.74) is 2.16. The number of imide groups is 2. The molecule has 0 bridgehead atoms. The van der Waals surface area contributed by atoms with E-state index in [1.165, 1.54) is 18.2 Å². The van der Waals surface area contributed by atoms with Gasteiger partial charge in [0.1, 0.15) is 23.7 Å². The molecule has 0 aromatic heterocycles. The minimum absolute atomic E-state index is 0.0870. The number of nitrogens with one attached hydrogen (secondary N) is 1. The van der Waals surface area contributed by atoms with E-state index >= 15 is 0 Å². The van der Waals surface area contributed by atoms with Crippen molar-refractivity contribution in [2.75, 3.05) is 4.90 Å². The summed E-state index contributed by atoms with van der Waals surface area (Å²) >= 11 is 3.38. The lowest BCUT2D eigenvalue weighted by molar-refractivity contribution is -0.122. The molecule has 1 aliphatic rings. The average molecular weight is 509 g/mol. The first-order valence-corrected chi connectivity index (χ1v) is 10.8. The molecule has 0 radical (unpaired) electrons.